The molecule has 168 valence electrons. The monoisotopic (exact) mass is 417 g/mol. The number of nitrogens with one attached hydrogen (secondary N) is 2. The van der Waals surface area contributed by atoms with Gasteiger partial charge < -0.3 is 20.3 Å². The maximum absolute atomic E-state index is 12.0. The van der Waals surface area contributed by atoms with Crippen LogP contribution in [0.25, 0.3) is 0 Å². The summed E-state index contributed by atoms with van der Waals surface area (Å²) in [6.07, 6.45) is 0.997. The van der Waals surface area contributed by atoms with Crippen LogP contribution in [0.4, 0.5) is 0 Å². The summed E-state index contributed by atoms with van der Waals surface area (Å²) in [4.78, 5) is 21.4. The molecule has 1 aliphatic heterocycles. The number of guanidine groups is 1. The normalized spacial score (nSPS) is 16.5. The Balaban J connectivity index is 1.83. The minimum Gasteiger partial charge on any atom is -0.497 e. The van der Waals surface area contributed by atoms with E-state index in [1.54, 1.807) is 7.11 Å². The predicted octanol–water partition coefficient (Wildman–Crippen LogP) is 2.30. The third-order valence-electron chi connectivity index (χ3n) is 5.33. The van der Waals surface area contributed by atoms with Gasteiger partial charge in [0.25, 0.3) is 0 Å². The van der Waals surface area contributed by atoms with Crippen molar-refractivity contribution in [3.05, 3.63) is 29.8 Å². The Labute approximate surface area is 181 Å². The molecule has 1 atom stereocenters. The molecular formula is C23H39N5O2. The number of hydrogen-bond acceptors (Lipinski definition) is 4. The molecule has 0 spiro atoms. The van der Waals surface area contributed by atoms with Crippen LogP contribution in [0.15, 0.2) is 29.3 Å². The van der Waals surface area contributed by atoms with Crippen LogP contribution in [0.2, 0.25) is 0 Å². The van der Waals surface area contributed by atoms with E-state index in [0.29, 0.717) is 12.5 Å². The first kappa shape index (κ1) is 24.0. The number of ether oxygens (including phenoxy) is 1. The maximum Gasteiger partial charge on any atom is 0.234 e. The molecule has 1 fully saturated rings. The van der Waals surface area contributed by atoms with Crippen molar-refractivity contribution in [3.8, 4) is 5.75 Å². The first-order valence-corrected chi connectivity index (χ1v) is 11.1. The average molecular weight is 418 g/mol. The van der Waals surface area contributed by atoms with Crippen LogP contribution in [0.5, 0.6) is 5.75 Å². The number of carbonyl (C=O) groups excluding carboxylic acids is 1. The molecule has 0 bridgehead atoms. The molecule has 7 nitrogen and oxygen atoms in total. The van der Waals surface area contributed by atoms with Crippen molar-refractivity contribution >= 4 is 11.9 Å². The van der Waals surface area contributed by atoms with Gasteiger partial charge in [0.2, 0.25) is 5.91 Å². The van der Waals surface area contributed by atoms with Crippen LogP contribution in [0.1, 0.15) is 45.6 Å². The lowest BCUT2D eigenvalue weighted by atomic mass is 9.98. The highest BCUT2D eigenvalue weighted by atomic mass is 16.5. The van der Waals surface area contributed by atoms with Gasteiger partial charge in [-0.05, 0) is 50.8 Å². The predicted molar refractivity (Wildman–Crippen MR) is 123 cm³/mol. The van der Waals surface area contributed by atoms with E-state index >= 15 is 0 Å². The zero-order valence-electron chi connectivity index (χ0n) is 19.3. The Hall–Kier alpha value is -2.28. The summed E-state index contributed by atoms with van der Waals surface area (Å²) in [5.74, 6) is 2.41. The second-order valence-corrected chi connectivity index (χ2v) is 8.18. The average Bonchev–Trinajstić information content (AvgIpc) is 2.73. The number of methoxy groups -OCH3 is 1. The smallest absolute Gasteiger partial charge is 0.234 e. The second-order valence-electron chi connectivity index (χ2n) is 8.18. The van der Waals surface area contributed by atoms with Crippen LogP contribution in [-0.4, -0.2) is 80.6 Å². The van der Waals surface area contributed by atoms with Crippen LogP contribution < -0.4 is 15.4 Å². The van der Waals surface area contributed by atoms with Gasteiger partial charge in [0.1, 0.15) is 5.75 Å². The third kappa shape index (κ3) is 7.86. The zero-order valence-corrected chi connectivity index (χ0v) is 19.3. The van der Waals surface area contributed by atoms with Crippen LogP contribution in [-0.2, 0) is 4.79 Å². The lowest BCUT2D eigenvalue weighted by molar-refractivity contribution is -0.123. The first-order chi connectivity index (χ1) is 14.4. The lowest BCUT2D eigenvalue weighted by Crippen LogP contribution is -2.54. The summed E-state index contributed by atoms with van der Waals surface area (Å²) in [7, 11) is 1.69. The highest BCUT2D eigenvalue weighted by molar-refractivity contribution is 5.80. The number of carbonyl (C=O) groups is 1. The highest BCUT2D eigenvalue weighted by Crippen LogP contribution is 2.21. The molecular weight excluding hydrogens is 378 g/mol. The number of aliphatic imine (C=N–C) groups is 1. The molecule has 7 heteroatoms. The standard InChI is InChI=1S/C23H39N5O2/c1-6-24-23(25-12-11-19(4)20-7-9-21(30-5)10-8-20)28-15-13-27(14-16-28)17-22(29)26-18(2)3/h7-10,18-19H,6,11-17H2,1-5H3,(H,24,25)(H,26,29). The number of rotatable bonds is 9. The molecule has 1 heterocycles. The number of nitrogens with zero attached hydrogens (tertiary/aromatic N) is 3. The van der Waals surface area contributed by atoms with Gasteiger partial charge in [0, 0.05) is 45.3 Å². The largest absolute Gasteiger partial charge is 0.497 e. The molecule has 0 aliphatic carbocycles. The van der Waals surface area contributed by atoms with Crippen LogP contribution in [0, 0.1) is 0 Å². The molecule has 1 aromatic rings. The van der Waals surface area contributed by atoms with Crippen LogP contribution >= 0.6 is 0 Å². The van der Waals surface area contributed by atoms with E-state index in [1.807, 2.05) is 26.0 Å². The summed E-state index contributed by atoms with van der Waals surface area (Å²) in [6.45, 7) is 13.9. The summed E-state index contributed by atoms with van der Waals surface area (Å²) >= 11 is 0. The van der Waals surface area contributed by atoms with Gasteiger partial charge in [-0.1, -0.05) is 19.1 Å². The summed E-state index contributed by atoms with van der Waals surface area (Å²) in [5.41, 5.74) is 1.31. The molecule has 2 rings (SSSR count). The molecule has 1 unspecified atom stereocenters. The number of benzene rings is 1. The van der Waals surface area contributed by atoms with E-state index in [4.69, 9.17) is 9.73 Å². The fourth-order valence-corrected chi connectivity index (χ4v) is 3.58. The Kier molecular flexibility index (Phi) is 9.94. The van der Waals surface area contributed by atoms with Crippen molar-refractivity contribution in [2.24, 2.45) is 4.99 Å². The molecule has 30 heavy (non-hydrogen) atoms. The van der Waals surface area contributed by atoms with Gasteiger partial charge in [-0.3, -0.25) is 14.7 Å². The van der Waals surface area contributed by atoms with Crippen molar-refractivity contribution in [1.82, 2.24) is 20.4 Å². The van der Waals surface area contributed by atoms with E-state index in [1.165, 1.54) is 5.56 Å². The molecule has 2 N–H and O–H groups in total. The Morgan fingerprint density at radius 3 is 2.37 bits per heavy atom. The van der Waals surface area contributed by atoms with E-state index in [2.05, 4.69) is 46.4 Å². The molecule has 1 aliphatic rings. The first-order valence-electron chi connectivity index (χ1n) is 11.1. The Morgan fingerprint density at radius 1 is 1.13 bits per heavy atom. The van der Waals surface area contributed by atoms with E-state index in [9.17, 15) is 4.79 Å². The molecule has 0 radical (unpaired) electrons. The van der Waals surface area contributed by atoms with Crippen molar-refractivity contribution in [3.63, 3.8) is 0 Å². The van der Waals surface area contributed by atoms with Crippen molar-refractivity contribution in [2.45, 2.75) is 46.1 Å². The minimum absolute atomic E-state index is 0.103. The Bertz CT molecular complexity index is 667. The summed E-state index contributed by atoms with van der Waals surface area (Å²) in [6, 6.07) is 8.48. The van der Waals surface area contributed by atoms with Gasteiger partial charge in [0.15, 0.2) is 5.96 Å². The highest BCUT2D eigenvalue weighted by Gasteiger charge is 2.21. The van der Waals surface area contributed by atoms with Crippen molar-refractivity contribution in [1.29, 1.82) is 0 Å². The lowest BCUT2D eigenvalue weighted by Gasteiger charge is -2.36. The summed E-state index contributed by atoms with van der Waals surface area (Å²) < 4.78 is 5.24. The van der Waals surface area contributed by atoms with E-state index in [-0.39, 0.29) is 11.9 Å². The number of piperazine rings is 1. The van der Waals surface area contributed by atoms with Crippen molar-refractivity contribution in [2.75, 3.05) is 52.9 Å². The minimum atomic E-state index is 0.103. The van der Waals surface area contributed by atoms with Crippen molar-refractivity contribution < 1.29 is 9.53 Å². The van der Waals surface area contributed by atoms with Gasteiger partial charge in [0.05, 0.1) is 13.7 Å². The molecule has 0 aromatic heterocycles. The topological polar surface area (TPSA) is 69.2 Å². The van der Waals surface area contributed by atoms with Gasteiger partial charge in [-0.25, -0.2) is 0 Å². The number of amides is 1. The third-order valence-corrected chi connectivity index (χ3v) is 5.33. The van der Waals surface area contributed by atoms with E-state index in [0.717, 1.165) is 57.4 Å². The quantitative estimate of drug-likeness (QED) is 0.477. The van der Waals surface area contributed by atoms with Gasteiger partial charge in [-0.2, -0.15) is 0 Å². The van der Waals surface area contributed by atoms with E-state index < -0.39 is 0 Å². The number of hydrogen-bond donors (Lipinski definition) is 2. The Morgan fingerprint density at radius 2 is 1.80 bits per heavy atom. The second kappa shape index (κ2) is 12.4. The zero-order chi connectivity index (χ0) is 21.9. The molecule has 1 saturated heterocycles. The fraction of sp³-hybridized carbons (Fsp3) is 0.652. The maximum atomic E-state index is 12.0. The van der Waals surface area contributed by atoms with Crippen LogP contribution in [0.3, 0.4) is 0 Å². The molecule has 1 aromatic carbocycles. The van der Waals surface area contributed by atoms with Gasteiger partial charge in [-0.15, -0.1) is 0 Å². The summed E-state index contributed by atoms with van der Waals surface area (Å²) in [5, 5.41) is 6.39. The molecule has 1 amide bonds. The van der Waals surface area contributed by atoms with Gasteiger partial charge >= 0.3 is 0 Å². The molecule has 0 saturated carbocycles. The fourth-order valence-electron chi connectivity index (χ4n) is 3.58. The SMILES string of the molecule is CCNC(=NCCC(C)c1ccc(OC)cc1)N1CCN(CC(=O)NC(C)C)CC1.